The zero-order valence-electron chi connectivity index (χ0n) is 9.11. The van der Waals surface area contributed by atoms with Crippen LogP contribution in [0.15, 0.2) is 4.63 Å². The van der Waals surface area contributed by atoms with Gasteiger partial charge in [0, 0.05) is 13.1 Å². The van der Waals surface area contributed by atoms with Crippen LogP contribution in [-0.2, 0) is 6.54 Å². The van der Waals surface area contributed by atoms with Gasteiger partial charge in [0.1, 0.15) is 11.4 Å². The molecule has 0 aromatic carbocycles. The zero-order chi connectivity index (χ0) is 10.8. The molecule has 0 amide bonds. The molecule has 1 aromatic heterocycles. The lowest BCUT2D eigenvalue weighted by atomic mass is 10.1. The van der Waals surface area contributed by atoms with Crippen molar-refractivity contribution in [3.8, 4) is 0 Å². The highest BCUT2D eigenvalue weighted by atomic mass is 16.6. The summed E-state index contributed by atoms with van der Waals surface area (Å²) in [4.78, 5) is 1.98. The molecule has 14 heavy (non-hydrogen) atoms. The Balaban J connectivity index is 2.50. The van der Waals surface area contributed by atoms with Gasteiger partial charge in [-0.3, -0.25) is 4.90 Å². The molecule has 5 nitrogen and oxygen atoms in total. The Morgan fingerprint density at radius 3 is 2.50 bits per heavy atom. The van der Waals surface area contributed by atoms with Crippen LogP contribution in [0.2, 0.25) is 0 Å². The number of likely N-dealkylation sites (N-methyl/N-ethyl adjacent to an activating group) is 1. The second-order valence-electron chi connectivity index (χ2n) is 4.28. The molecule has 1 rings (SSSR count). The summed E-state index contributed by atoms with van der Waals surface area (Å²) in [6.07, 6.45) is 0. The van der Waals surface area contributed by atoms with Gasteiger partial charge in [0.15, 0.2) is 0 Å². The van der Waals surface area contributed by atoms with Gasteiger partial charge in [-0.1, -0.05) is 10.3 Å². The van der Waals surface area contributed by atoms with Crippen LogP contribution in [0.1, 0.15) is 25.2 Å². The molecule has 0 saturated carbocycles. The predicted molar refractivity (Wildman–Crippen MR) is 51.7 cm³/mol. The summed E-state index contributed by atoms with van der Waals surface area (Å²) in [5, 5.41) is 17.1. The van der Waals surface area contributed by atoms with E-state index in [2.05, 4.69) is 14.9 Å². The Kier molecular flexibility index (Phi) is 3.23. The molecule has 0 radical (unpaired) electrons. The number of rotatable bonds is 4. The second kappa shape index (κ2) is 4.06. The van der Waals surface area contributed by atoms with Gasteiger partial charge in [0.05, 0.1) is 5.60 Å². The fraction of sp³-hybridized carbons (Fsp3) is 0.778. The molecule has 1 aromatic rings. The highest BCUT2D eigenvalue weighted by molar-refractivity contribution is 5.04. The van der Waals surface area contributed by atoms with Crippen LogP contribution < -0.4 is 0 Å². The molecule has 1 N–H and O–H groups in total. The molecule has 0 atom stereocenters. The molecular weight excluding hydrogens is 182 g/mol. The number of aryl methyl sites for hydroxylation is 1. The molecule has 80 valence electrons. The van der Waals surface area contributed by atoms with Gasteiger partial charge in [-0.25, -0.2) is 4.63 Å². The number of aliphatic hydroxyl groups is 1. The van der Waals surface area contributed by atoms with Crippen molar-refractivity contribution in [2.24, 2.45) is 0 Å². The van der Waals surface area contributed by atoms with E-state index in [0.29, 0.717) is 13.1 Å². The van der Waals surface area contributed by atoms with Gasteiger partial charge in [0.25, 0.3) is 0 Å². The Bertz CT molecular complexity index is 290. The first-order valence-corrected chi connectivity index (χ1v) is 4.57. The van der Waals surface area contributed by atoms with E-state index < -0.39 is 5.60 Å². The first kappa shape index (κ1) is 11.1. The lowest BCUT2D eigenvalue weighted by Gasteiger charge is -2.24. The smallest absolute Gasteiger partial charge is 0.122 e. The van der Waals surface area contributed by atoms with Gasteiger partial charge in [0.2, 0.25) is 0 Å². The van der Waals surface area contributed by atoms with E-state index in [0.717, 1.165) is 11.4 Å². The van der Waals surface area contributed by atoms with Crippen molar-refractivity contribution in [3.63, 3.8) is 0 Å². The summed E-state index contributed by atoms with van der Waals surface area (Å²) in [5.74, 6) is 0. The average Bonchev–Trinajstić information content (AvgIpc) is 2.32. The summed E-state index contributed by atoms with van der Waals surface area (Å²) in [6.45, 7) is 6.62. The normalized spacial score (nSPS) is 12.4. The highest BCUT2D eigenvalue weighted by Crippen LogP contribution is 2.08. The Morgan fingerprint density at radius 1 is 1.43 bits per heavy atom. The summed E-state index contributed by atoms with van der Waals surface area (Å²) >= 11 is 0. The molecule has 0 aliphatic heterocycles. The molecule has 0 aliphatic rings. The molecule has 0 bridgehead atoms. The molecule has 5 heteroatoms. The van der Waals surface area contributed by atoms with Crippen LogP contribution in [-0.4, -0.2) is 39.5 Å². The van der Waals surface area contributed by atoms with Gasteiger partial charge < -0.3 is 5.11 Å². The number of aromatic nitrogens is 2. The van der Waals surface area contributed by atoms with Gasteiger partial charge in [-0.2, -0.15) is 0 Å². The Morgan fingerprint density at radius 2 is 2.07 bits per heavy atom. The average molecular weight is 199 g/mol. The monoisotopic (exact) mass is 199 g/mol. The maximum atomic E-state index is 9.58. The molecule has 0 aliphatic carbocycles. The van der Waals surface area contributed by atoms with Crippen molar-refractivity contribution in [3.05, 3.63) is 11.4 Å². The van der Waals surface area contributed by atoms with Gasteiger partial charge >= 0.3 is 0 Å². The van der Waals surface area contributed by atoms with Gasteiger partial charge in [-0.05, 0) is 27.8 Å². The SMILES string of the molecule is Cc1nonc1CN(C)CC(C)(C)O. The number of nitrogens with zero attached hydrogens (tertiary/aromatic N) is 3. The highest BCUT2D eigenvalue weighted by Gasteiger charge is 2.17. The van der Waals surface area contributed by atoms with E-state index >= 15 is 0 Å². The topological polar surface area (TPSA) is 62.4 Å². The Hall–Kier alpha value is -0.940. The van der Waals surface area contributed by atoms with Crippen molar-refractivity contribution in [1.82, 2.24) is 15.2 Å². The molecular formula is C9H17N3O2. The van der Waals surface area contributed by atoms with Crippen LogP contribution in [0.5, 0.6) is 0 Å². The lowest BCUT2D eigenvalue weighted by Crippen LogP contribution is -2.36. The second-order valence-corrected chi connectivity index (χ2v) is 4.28. The van der Waals surface area contributed by atoms with Gasteiger partial charge in [-0.15, -0.1) is 0 Å². The van der Waals surface area contributed by atoms with E-state index in [4.69, 9.17) is 0 Å². The largest absolute Gasteiger partial charge is 0.389 e. The number of hydrogen-bond donors (Lipinski definition) is 1. The summed E-state index contributed by atoms with van der Waals surface area (Å²) < 4.78 is 4.59. The van der Waals surface area contributed by atoms with Crippen LogP contribution in [0, 0.1) is 6.92 Å². The molecule has 0 fully saturated rings. The van der Waals surface area contributed by atoms with Crippen molar-refractivity contribution < 1.29 is 9.74 Å². The third-order valence-electron chi connectivity index (χ3n) is 1.82. The molecule has 0 saturated heterocycles. The molecule has 0 unspecified atom stereocenters. The first-order chi connectivity index (χ1) is 6.38. The van der Waals surface area contributed by atoms with E-state index in [1.807, 2.05) is 18.9 Å². The lowest BCUT2D eigenvalue weighted by molar-refractivity contribution is 0.0418. The molecule has 0 spiro atoms. The van der Waals surface area contributed by atoms with E-state index in [9.17, 15) is 5.11 Å². The Labute approximate surface area is 83.7 Å². The minimum Gasteiger partial charge on any atom is -0.389 e. The predicted octanol–water partition coefficient (Wildman–Crippen LogP) is 0.581. The van der Waals surface area contributed by atoms with Crippen molar-refractivity contribution in [2.45, 2.75) is 32.9 Å². The van der Waals surface area contributed by atoms with E-state index in [-0.39, 0.29) is 0 Å². The quantitative estimate of drug-likeness (QED) is 0.768. The van der Waals surface area contributed by atoms with Crippen LogP contribution in [0.4, 0.5) is 0 Å². The minimum absolute atomic E-state index is 0.583. The summed E-state index contributed by atoms with van der Waals surface area (Å²) in [5.41, 5.74) is 0.921. The summed E-state index contributed by atoms with van der Waals surface area (Å²) in [7, 11) is 1.92. The number of hydrogen-bond acceptors (Lipinski definition) is 5. The van der Waals surface area contributed by atoms with E-state index in [1.165, 1.54) is 0 Å². The summed E-state index contributed by atoms with van der Waals surface area (Å²) in [6, 6.07) is 0. The standard InChI is InChI=1S/C9H17N3O2/c1-7-8(11-14-10-7)5-12(4)6-9(2,3)13/h13H,5-6H2,1-4H3. The fourth-order valence-electron chi connectivity index (χ4n) is 1.37. The van der Waals surface area contributed by atoms with Crippen molar-refractivity contribution >= 4 is 0 Å². The fourth-order valence-corrected chi connectivity index (χ4v) is 1.37. The van der Waals surface area contributed by atoms with Crippen molar-refractivity contribution in [1.29, 1.82) is 0 Å². The van der Waals surface area contributed by atoms with Crippen molar-refractivity contribution in [2.75, 3.05) is 13.6 Å². The third-order valence-corrected chi connectivity index (χ3v) is 1.82. The maximum absolute atomic E-state index is 9.58. The molecule has 1 heterocycles. The minimum atomic E-state index is -0.695. The van der Waals surface area contributed by atoms with E-state index in [1.54, 1.807) is 13.8 Å². The maximum Gasteiger partial charge on any atom is 0.122 e. The zero-order valence-corrected chi connectivity index (χ0v) is 9.11. The first-order valence-electron chi connectivity index (χ1n) is 4.57. The van der Waals surface area contributed by atoms with Crippen LogP contribution in [0.3, 0.4) is 0 Å². The third kappa shape index (κ3) is 3.43. The van der Waals surface area contributed by atoms with Crippen LogP contribution in [0.25, 0.3) is 0 Å². The van der Waals surface area contributed by atoms with Crippen LogP contribution >= 0.6 is 0 Å².